The molecule has 1 aliphatic heterocycles. The first-order chi connectivity index (χ1) is 17.2. The van der Waals surface area contributed by atoms with Gasteiger partial charge in [0.1, 0.15) is 41.8 Å². The Morgan fingerprint density at radius 2 is 1.42 bits per heavy atom. The average molecular weight is 543 g/mol. The lowest BCUT2D eigenvalue weighted by atomic mass is 10.2. The Bertz CT molecular complexity index is 1160. The largest absolute Gasteiger partial charge is 0.509 e. The highest BCUT2D eigenvalue weighted by Gasteiger charge is 2.42. The summed E-state index contributed by atoms with van der Waals surface area (Å²) in [6, 6.07) is 0. The Morgan fingerprint density at radius 3 is 1.95 bits per heavy atom. The highest BCUT2D eigenvalue weighted by atomic mass is 16.8. The van der Waals surface area contributed by atoms with Crippen LogP contribution in [-0.4, -0.2) is 63.2 Å². The molecule has 0 N–H and O–H groups in total. The monoisotopic (exact) mass is 542 g/mol. The van der Waals surface area contributed by atoms with Crippen molar-refractivity contribution in [2.45, 2.75) is 111 Å². The van der Waals surface area contributed by atoms with Gasteiger partial charge in [-0.25, -0.2) is 19.2 Å². The molecule has 0 saturated carbocycles. The topological polar surface area (TPSA) is 151 Å². The third kappa shape index (κ3) is 8.89. The molecule has 1 aliphatic rings. The van der Waals surface area contributed by atoms with Crippen LogP contribution in [0.25, 0.3) is 0 Å². The second-order valence-electron chi connectivity index (χ2n) is 11.9. The molecule has 0 radical (unpaired) electrons. The van der Waals surface area contributed by atoms with Crippen LogP contribution in [0.15, 0.2) is 15.8 Å². The van der Waals surface area contributed by atoms with Gasteiger partial charge < -0.3 is 28.4 Å². The molecule has 0 aliphatic carbocycles. The lowest BCUT2D eigenvalue weighted by molar-refractivity contribution is -0.0824. The predicted octanol–water partition coefficient (Wildman–Crippen LogP) is 3.66. The van der Waals surface area contributed by atoms with Crippen LogP contribution in [0, 0.1) is 6.92 Å². The summed E-state index contributed by atoms with van der Waals surface area (Å²) in [5.41, 5.74) is -4.39. The van der Waals surface area contributed by atoms with E-state index in [9.17, 15) is 24.0 Å². The quantitative estimate of drug-likeness (QED) is 0.405. The Balaban J connectivity index is 2.37. The molecule has 38 heavy (non-hydrogen) atoms. The van der Waals surface area contributed by atoms with Crippen molar-refractivity contribution in [3.05, 3.63) is 32.6 Å². The summed E-state index contributed by atoms with van der Waals surface area (Å²) in [4.78, 5) is 62.9. The van der Waals surface area contributed by atoms with Gasteiger partial charge in [0.15, 0.2) is 0 Å². The lowest BCUT2D eigenvalue weighted by Crippen LogP contribution is -2.47. The van der Waals surface area contributed by atoms with Gasteiger partial charge in [-0.3, -0.25) is 9.36 Å². The first-order valence-electron chi connectivity index (χ1n) is 12.2. The number of aromatic nitrogens is 2. The summed E-state index contributed by atoms with van der Waals surface area (Å²) >= 11 is 0. The zero-order chi connectivity index (χ0) is 29.2. The Hall–Kier alpha value is -3.35. The fraction of sp³-hybridized carbons (Fsp3) is 0.720. The predicted molar refractivity (Wildman–Crippen MR) is 133 cm³/mol. The van der Waals surface area contributed by atoms with Gasteiger partial charge in [0.25, 0.3) is 5.56 Å². The van der Waals surface area contributed by atoms with Crippen molar-refractivity contribution in [1.29, 1.82) is 0 Å². The highest BCUT2D eigenvalue weighted by molar-refractivity contribution is 5.70. The van der Waals surface area contributed by atoms with E-state index < -0.39 is 64.9 Å². The number of aryl methyl sites for hydroxylation is 1. The van der Waals surface area contributed by atoms with Crippen molar-refractivity contribution in [3.8, 4) is 0 Å². The fourth-order valence-electron chi connectivity index (χ4n) is 3.35. The first-order valence-corrected chi connectivity index (χ1v) is 12.2. The third-order valence-electron chi connectivity index (χ3n) is 4.74. The normalized spacial score (nSPS) is 20.0. The zero-order valence-corrected chi connectivity index (χ0v) is 23.6. The maximum Gasteiger partial charge on any atom is 0.509 e. The smallest absolute Gasteiger partial charge is 0.443 e. The second-order valence-corrected chi connectivity index (χ2v) is 11.9. The lowest BCUT2D eigenvalue weighted by Gasteiger charge is -2.23. The Labute approximate surface area is 220 Å². The number of ether oxygens (including phenoxy) is 6. The summed E-state index contributed by atoms with van der Waals surface area (Å²) in [5.74, 6) is 0. The van der Waals surface area contributed by atoms with E-state index in [1.807, 2.05) is 0 Å². The van der Waals surface area contributed by atoms with Gasteiger partial charge in [-0.15, -0.1) is 0 Å². The molecule has 1 fully saturated rings. The van der Waals surface area contributed by atoms with Gasteiger partial charge in [-0.1, -0.05) is 0 Å². The minimum atomic E-state index is -1.14. The van der Waals surface area contributed by atoms with Crippen LogP contribution in [0.2, 0.25) is 0 Å². The fourth-order valence-corrected chi connectivity index (χ4v) is 3.35. The first kappa shape index (κ1) is 30.9. The molecule has 0 bridgehead atoms. The standard InChI is InChI=1S/C25H38N2O11/c1-14-12-26(19(29)27(18(14)28)20(30)36-23(2,3)4)17-11-15(35-22(32)38-25(8,9)10)16(34-17)13-33-21(31)37-24(5,6)7/h12,15-17H,11,13H2,1-10H3/t15-,16+,17+/m0/s1. The van der Waals surface area contributed by atoms with E-state index in [4.69, 9.17) is 28.4 Å². The van der Waals surface area contributed by atoms with Crippen LogP contribution in [-0.2, 0) is 28.4 Å². The van der Waals surface area contributed by atoms with Gasteiger partial charge in [0, 0.05) is 18.2 Å². The van der Waals surface area contributed by atoms with Gasteiger partial charge in [0.05, 0.1) is 0 Å². The number of hydrogen-bond acceptors (Lipinski definition) is 11. The van der Waals surface area contributed by atoms with E-state index in [0.717, 1.165) is 4.57 Å². The number of rotatable bonds is 4. The van der Waals surface area contributed by atoms with Crippen molar-refractivity contribution in [3.63, 3.8) is 0 Å². The maximum atomic E-state index is 13.2. The minimum Gasteiger partial charge on any atom is -0.443 e. The Morgan fingerprint density at radius 1 is 0.895 bits per heavy atom. The van der Waals surface area contributed by atoms with Crippen molar-refractivity contribution in [1.82, 2.24) is 9.13 Å². The Kier molecular flexibility index (Phi) is 9.08. The molecule has 13 heteroatoms. The third-order valence-corrected chi connectivity index (χ3v) is 4.74. The van der Waals surface area contributed by atoms with Crippen molar-refractivity contribution in [2.75, 3.05) is 6.61 Å². The molecule has 3 atom stereocenters. The van der Waals surface area contributed by atoms with Gasteiger partial charge in [-0.2, -0.15) is 4.57 Å². The van der Waals surface area contributed by atoms with Crippen LogP contribution >= 0.6 is 0 Å². The molecule has 0 unspecified atom stereocenters. The molecule has 13 nitrogen and oxygen atoms in total. The summed E-state index contributed by atoms with van der Waals surface area (Å²) in [6.07, 6.45) is -5.06. The second kappa shape index (κ2) is 11.2. The maximum absolute atomic E-state index is 13.2. The van der Waals surface area contributed by atoms with Crippen molar-refractivity contribution < 1.29 is 42.8 Å². The summed E-state index contributed by atoms with van der Waals surface area (Å²) in [7, 11) is 0. The van der Waals surface area contributed by atoms with E-state index in [-0.39, 0.29) is 18.6 Å². The molecular weight excluding hydrogens is 504 g/mol. The highest BCUT2D eigenvalue weighted by Crippen LogP contribution is 2.31. The van der Waals surface area contributed by atoms with Crippen LogP contribution in [0.5, 0.6) is 0 Å². The zero-order valence-electron chi connectivity index (χ0n) is 23.6. The van der Waals surface area contributed by atoms with Crippen LogP contribution in [0.3, 0.4) is 0 Å². The van der Waals surface area contributed by atoms with Gasteiger partial charge in [-0.05, 0) is 69.2 Å². The summed E-state index contributed by atoms with van der Waals surface area (Å²) in [6.45, 7) is 15.8. The summed E-state index contributed by atoms with van der Waals surface area (Å²) < 4.78 is 33.5. The molecule has 2 heterocycles. The number of carbonyl (C=O) groups is 3. The van der Waals surface area contributed by atoms with Crippen molar-refractivity contribution in [2.24, 2.45) is 0 Å². The average Bonchev–Trinajstić information content (AvgIpc) is 3.07. The van der Waals surface area contributed by atoms with E-state index >= 15 is 0 Å². The molecule has 0 aromatic carbocycles. The van der Waals surface area contributed by atoms with E-state index in [2.05, 4.69) is 0 Å². The number of hydrogen-bond donors (Lipinski definition) is 0. The molecular formula is C25H38N2O11. The van der Waals surface area contributed by atoms with Gasteiger partial charge in [0.2, 0.25) is 0 Å². The number of nitrogens with zero attached hydrogens (tertiary/aromatic N) is 2. The molecule has 0 amide bonds. The van der Waals surface area contributed by atoms with E-state index in [1.54, 1.807) is 62.3 Å². The molecule has 1 aromatic rings. The van der Waals surface area contributed by atoms with E-state index in [1.165, 1.54) is 13.1 Å². The minimum absolute atomic E-state index is 0.0668. The van der Waals surface area contributed by atoms with Crippen LogP contribution in [0.4, 0.5) is 14.4 Å². The summed E-state index contributed by atoms with van der Waals surface area (Å²) in [5, 5.41) is 0. The van der Waals surface area contributed by atoms with Crippen molar-refractivity contribution >= 4 is 18.4 Å². The number of carbonyl (C=O) groups excluding carboxylic acids is 3. The van der Waals surface area contributed by atoms with Crippen LogP contribution in [0.1, 0.15) is 80.5 Å². The molecule has 0 spiro atoms. The van der Waals surface area contributed by atoms with Gasteiger partial charge >= 0.3 is 24.1 Å². The molecule has 214 valence electrons. The van der Waals surface area contributed by atoms with Crippen LogP contribution < -0.4 is 11.2 Å². The molecule has 1 saturated heterocycles. The van der Waals surface area contributed by atoms with E-state index in [0.29, 0.717) is 4.57 Å². The molecule has 1 aromatic heterocycles. The SMILES string of the molecule is Cc1cn([C@H]2C[C@H](OC(=O)OC(C)(C)C)[C@@H](COC(=O)OC(C)(C)C)O2)c(=O)n(C(=O)OC(C)(C)C)c1=O. The molecule has 2 rings (SSSR count).